The number of nitrogens with one attached hydrogen (secondary N) is 2. The summed E-state index contributed by atoms with van der Waals surface area (Å²) < 4.78 is 21.2. The van der Waals surface area contributed by atoms with Crippen LogP contribution in [0.5, 0.6) is 0 Å². The normalized spacial score (nSPS) is 26.5. The monoisotopic (exact) mass is 235 g/mol. The van der Waals surface area contributed by atoms with Gasteiger partial charge in [-0.1, -0.05) is 6.92 Å². The van der Waals surface area contributed by atoms with Gasteiger partial charge >= 0.3 is 0 Å². The van der Waals surface area contributed by atoms with E-state index in [4.69, 9.17) is 5.14 Å². The Morgan fingerprint density at radius 3 is 2.67 bits per heavy atom. The highest BCUT2D eigenvalue weighted by Gasteiger charge is 2.29. The van der Waals surface area contributed by atoms with E-state index in [2.05, 4.69) is 10.6 Å². The molecule has 0 bridgehead atoms. The maximum atomic E-state index is 11.6. The zero-order chi connectivity index (χ0) is 11.5. The predicted molar refractivity (Wildman–Crippen MR) is 56.5 cm³/mol. The Kier molecular flexibility index (Phi) is 4.06. The summed E-state index contributed by atoms with van der Waals surface area (Å²) in [7, 11) is -3.49. The molecule has 0 aromatic carbocycles. The minimum Gasteiger partial charge on any atom is -0.355 e. The van der Waals surface area contributed by atoms with Crippen LogP contribution in [-0.2, 0) is 14.8 Å². The maximum absolute atomic E-state index is 11.6. The number of rotatable bonds is 4. The molecule has 88 valence electrons. The fourth-order valence-corrected chi connectivity index (χ4v) is 2.00. The molecule has 2 atom stereocenters. The maximum Gasteiger partial charge on any atom is 0.224 e. The molecule has 0 spiro atoms. The van der Waals surface area contributed by atoms with E-state index in [1.165, 1.54) is 0 Å². The molecule has 1 saturated heterocycles. The largest absolute Gasteiger partial charge is 0.355 e. The van der Waals surface area contributed by atoms with Gasteiger partial charge in [-0.2, -0.15) is 0 Å². The lowest BCUT2D eigenvalue weighted by atomic mass is 9.97. The zero-order valence-corrected chi connectivity index (χ0v) is 9.51. The zero-order valence-electron chi connectivity index (χ0n) is 8.69. The van der Waals surface area contributed by atoms with Crippen LogP contribution in [0.3, 0.4) is 0 Å². The van der Waals surface area contributed by atoms with Gasteiger partial charge < -0.3 is 10.6 Å². The van der Waals surface area contributed by atoms with Crippen LogP contribution >= 0.6 is 0 Å². The molecule has 0 aliphatic carbocycles. The Labute approximate surface area is 89.6 Å². The van der Waals surface area contributed by atoms with Crippen molar-refractivity contribution in [2.24, 2.45) is 17.0 Å². The second-order valence-electron chi connectivity index (χ2n) is 3.90. The van der Waals surface area contributed by atoms with Crippen LogP contribution in [0.15, 0.2) is 0 Å². The molecule has 0 aromatic rings. The van der Waals surface area contributed by atoms with Crippen LogP contribution in [-0.4, -0.2) is 39.7 Å². The topological polar surface area (TPSA) is 101 Å². The summed E-state index contributed by atoms with van der Waals surface area (Å²) in [5.41, 5.74) is 0. The van der Waals surface area contributed by atoms with Crippen molar-refractivity contribution in [3.63, 3.8) is 0 Å². The Bertz CT molecular complexity index is 328. The molecule has 15 heavy (non-hydrogen) atoms. The van der Waals surface area contributed by atoms with Crippen molar-refractivity contribution in [2.75, 3.05) is 25.4 Å². The van der Waals surface area contributed by atoms with Crippen LogP contribution in [0.4, 0.5) is 0 Å². The molecule has 0 aromatic heterocycles. The van der Waals surface area contributed by atoms with E-state index >= 15 is 0 Å². The second kappa shape index (κ2) is 4.91. The summed E-state index contributed by atoms with van der Waals surface area (Å²) in [6.45, 7) is 3.56. The first-order valence-electron chi connectivity index (χ1n) is 4.89. The highest BCUT2D eigenvalue weighted by molar-refractivity contribution is 7.89. The van der Waals surface area contributed by atoms with E-state index in [1.54, 1.807) is 0 Å². The first kappa shape index (κ1) is 12.4. The SMILES string of the molecule is CC1CNCC1C(=O)NCCS(N)(=O)=O. The first-order chi connectivity index (χ1) is 6.90. The fraction of sp³-hybridized carbons (Fsp3) is 0.875. The Morgan fingerprint density at radius 1 is 1.53 bits per heavy atom. The Hall–Kier alpha value is -0.660. The van der Waals surface area contributed by atoms with Crippen LogP contribution in [0, 0.1) is 11.8 Å². The van der Waals surface area contributed by atoms with Gasteiger partial charge in [0.05, 0.1) is 11.7 Å². The third kappa shape index (κ3) is 4.15. The smallest absolute Gasteiger partial charge is 0.224 e. The van der Waals surface area contributed by atoms with Gasteiger partial charge in [-0.15, -0.1) is 0 Å². The lowest BCUT2D eigenvalue weighted by Gasteiger charge is -2.13. The predicted octanol–water partition coefficient (Wildman–Crippen LogP) is -1.75. The second-order valence-corrected chi connectivity index (χ2v) is 5.63. The van der Waals surface area contributed by atoms with Crippen LogP contribution < -0.4 is 15.8 Å². The Morgan fingerprint density at radius 2 is 2.20 bits per heavy atom. The highest BCUT2D eigenvalue weighted by atomic mass is 32.2. The van der Waals surface area contributed by atoms with Crippen LogP contribution in [0.25, 0.3) is 0 Å². The first-order valence-corrected chi connectivity index (χ1v) is 6.60. The van der Waals surface area contributed by atoms with Crippen LogP contribution in [0.2, 0.25) is 0 Å². The number of nitrogens with two attached hydrogens (primary N) is 1. The molecule has 4 N–H and O–H groups in total. The summed E-state index contributed by atoms with van der Waals surface area (Å²) in [4.78, 5) is 11.6. The van der Waals surface area contributed by atoms with Gasteiger partial charge in [0.1, 0.15) is 0 Å². The number of hydrogen-bond donors (Lipinski definition) is 3. The molecule has 1 heterocycles. The fourth-order valence-electron chi connectivity index (χ4n) is 1.61. The van der Waals surface area contributed by atoms with Crippen molar-refractivity contribution in [3.05, 3.63) is 0 Å². The number of sulfonamides is 1. The summed E-state index contributed by atoms with van der Waals surface area (Å²) in [6, 6.07) is 0. The van der Waals surface area contributed by atoms with Gasteiger partial charge in [0.25, 0.3) is 0 Å². The lowest BCUT2D eigenvalue weighted by Crippen LogP contribution is -2.37. The van der Waals surface area contributed by atoms with Gasteiger partial charge in [0.2, 0.25) is 15.9 Å². The summed E-state index contributed by atoms with van der Waals surface area (Å²) in [6.07, 6.45) is 0. The van der Waals surface area contributed by atoms with Gasteiger partial charge in [-0.25, -0.2) is 13.6 Å². The molecule has 1 amide bonds. The van der Waals surface area contributed by atoms with E-state index in [-0.39, 0.29) is 24.1 Å². The quantitative estimate of drug-likeness (QED) is 0.537. The highest BCUT2D eigenvalue weighted by Crippen LogP contribution is 2.15. The van der Waals surface area contributed by atoms with Crippen molar-refractivity contribution in [2.45, 2.75) is 6.92 Å². The van der Waals surface area contributed by atoms with E-state index in [9.17, 15) is 13.2 Å². The molecule has 7 heteroatoms. The van der Waals surface area contributed by atoms with E-state index in [0.717, 1.165) is 6.54 Å². The molecule has 0 radical (unpaired) electrons. The third-order valence-corrected chi connectivity index (χ3v) is 3.31. The number of carbonyl (C=O) groups is 1. The van der Waals surface area contributed by atoms with Gasteiger partial charge in [0, 0.05) is 13.1 Å². The molecule has 1 rings (SSSR count). The number of carbonyl (C=O) groups excluding carboxylic acids is 1. The molecular formula is C8H17N3O3S. The molecule has 1 aliphatic heterocycles. The van der Waals surface area contributed by atoms with Gasteiger partial charge in [0.15, 0.2) is 0 Å². The minimum atomic E-state index is -3.49. The molecule has 1 fully saturated rings. The van der Waals surface area contributed by atoms with Crippen molar-refractivity contribution < 1.29 is 13.2 Å². The van der Waals surface area contributed by atoms with Crippen molar-refractivity contribution >= 4 is 15.9 Å². The minimum absolute atomic E-state index is 0.0644. The molecule has 1 aliphatic rings. The standard InChI is InChI=1S/C8H17N3O3S/c1-6-4-10-5-7(6)8(12)11-2-3-15(9,13)14/h6-7,10H,2-5H2,1H3,(H,11,12)(H2,9,13,14). The van der Waals surface area contributed by atoms with Crippen LogP contribution in [0.1, 0.15) is 6.92 Å². The molecule has 6 nitrogen and oxygen atoms in total. The molecular weight excluding hydrogens is 218 g/mol. The van der Waals surface area contributed by atoms with Crippen molar-refractivity contribution in [3.8, 4) is 0 Å². The van der Waals surface area contributed by atoms with Crippen molar-refractivity contribution in [1.29, 1.82) is 0 Å². The summed E-state index contributed by atoms with van der Waals surface area (Å²) in [5, 5.41) is 10.5. The molecule has 0 saturated carbocycles. The third-order valence-electron chi connectivity index (χ3n) is 2.54. The number of primary sulfonamides is 1. The van der Waals surface area contributed by atoms with E-state index in [0.29, 0.717) is 12.5 Å². The summed E-state index contributed by atoms with van der Waals surface area (Å²) >= 11 is 0. The Balaban J connectivity index is 2.30. The van der Waals surface area contributed by atoms with Gasteiger partial charge in [-0.3, -0.25) is 4.79 Å². The average molecular weight is 235 g/mol. The van der Waals surface area contributed by atoms with Gasteiger partial charge in [-0.05, 0) is 12.5 Å². The van der Waals surface area contributed by atoms with Crippen molar-refractivity contribution in [1.82, 2.24) is 10.6 Å². The number of amides is 1. The summed E-state index contributed by atoms with van der Waals surface area (Å²) in [5.74, 6) is -0.0890. The average Bonchev–Trinajstić information content (AvgIpc) is 2.48. The van der Waals surface area contributed by atoms with E-state index in [1.807, 2.05) is 6.92 Å². The lowest BCUT2D eigenvalue weighted by molar-refractivity contribution is -0.125. The molecule has 2 unspecified atom stereocenters. The number of hydrogen-bond acceptors (Lipinski definition) is 4. The van der Waals surface area contributed by atoms with E-state index < -0.39 is 10.0 Å².